The van der Waals surface area contributed by atoms with Crippen LogP contribution < -0.4 is 10.1 Å². The van der Waals surface area contributed by atoms with Gasteiger partial charge in [0.05, 0.1) is 17.7 Å². The van der Waals surface area contributed by atoms with Gasteiger partial charge >= 0.3 is 5.97 Å². The van der Waals surface area contributed by atoms with Crippen molar-refractivity contribution in [2.24, 2.45) is 0 Å². The number of hydrogen-bond donors (Lipinski definition) is 1. The van der Waals surface area contributed by atoms with Crippen molar-refractivity contribution in [3.8, 4) is 5.75 Å². The van der Waals surface area contributed by atoms with E-state index in [1.54, 1.807) is 25.1 Å². The molecule has 24 heavy (non-hydrogen) atoms. The highest BCUT2D eigenvalue weighted by Crippen LogP contribution is 2.26. The average molecular weight is 368 g/mol. The fourth-order valence-electron chi connectivity index (χ4n) is 1.94. The molecule has 0 aromatic heterocycles. The van der Waals surface area contributed by atoms with Crippen molar-refractivity contribution in [3.63, 3.8) is 0 Å². The lowest BCUT2D eigenvalue weighted by Crippen LogP contribution is -2.20. The van der Waals surface area contributed by atoms with E-state index in [1.165, 1.54) is 25.3 Å². The zero-order valence-electron chi connectivity index (χ0n) is 13.1. The van der Waals surface area contributed by atoms with E-state index < -0.39 is 5.97 Å². The normalized spacial score (nSPS) is 10.2. The first-order chi connectivity index (χ1) is 11.4. The maximum Gasteiger partial charge on any atom is 0.337 e. The second-order valence-corrected chi connectivity index (χ2v) is 5.70. The first-order valence-corrected chi connectivity index (χ1v) is 7.73. The van der Waals surface area contributed by atoms with Crippen molar-refractivity contribution in [2.45, 2.75) is 6.92 Å². The standard InChI is InChI=1S/C17H15Cl2NO4/c1-10-12(18)4-3-5-14(10)20-16(21)9-24-15-7-6-11(8-13(15)19)17(22)23-2/h3-8H,9H2,1-2H3,(H,20,21). The Bertz CT molecular complexity index is 777. The molecule has 0 atom stereocenters. The van der Waals surface area contributed by atoms with Crippen LogP contribution in [0.5, 0.6) is 5.75 Å². The predicted molar refractivity (Wildman–Crippen MR) is 93.1 cm³/mol. The Morgan fingerprint density at radius 2 is 1.88 bits per heavy atom. The van der Waals surface area contributed by atoms with Crippen molar-refractivity contribution < 1.29 is 19.1 Å². The summed E-state index contributed by atoms with van der Waals surface area (Å²) in [5.41, 5.74) is 1.69. The summed E-state index contributed by atoms with van der Waals surface area (Å²) in [6.45, 7) is 1.57. The molecule has 0 aliphatic carbocycles. The van der Waals surface area contributed by atoms with Gasteiger partial charge in [-0.2, -0.15) is 0 Å². The van der Waals surface area contributed by atoms with Crippen molar-refractivity contribution >= 4 is 40.8 Å². The maximum absolute atomic E-state index is 12.0. The Hall–Kier alpha value is -2.24. The fraction of sp³-hybridized carbons (Fsp3) is 0.176. The topological polar surface area (TPSA) is 64.6 Å². The Labute approximate surface area is 149 Å². The Kier molecular flexibility index (Phi) is 6.06. The number of nitrogens with one attached hydrogen (secondary N) is 1. The second-order valence-electron chi connectivity index (χ2n) is 4.89. The summed E-state index contributed by atoms with van der Waals surface area (Å²) in [5.74, 6) is -0.562. The van der Waals surface area contributed by atoms with Gasteiger partial charge in [-0.05, 0) is 42.8 Å². The predicted octanol–water partition coefficient (Wildman–Crippen LogP) is 4.11. The van der Waals surface area contributed by atoms with Gasteiger partial charge in [0.2, 0.25) is 0 Å². The summed E-state index contributed by atoms with van der Waals surface area (Å²) in [4.78, 5) is 23.4. The van der Waals surface area contributed by atoms with Gasteiger partial charge in [-0.25, -0.2) is 4.79 Å². The number of esters is 1. The average Bonchev–Trinajstić information content (AvgIpc) is 2.57. The Balaban J connectivity index is 1.99. The third-order valence-corrected chi connectivity index (χ3v) is 3.96. The van der Waals surface area contributed by atoms with E-state index in [0.717, 1.165) is 5.56 Å². The number of halogens is 2. The van der Waals surface area contributed by atoms with E-state index in [4.69, 9.17) is 27.9 Å². The maximum atomic E-state index is 12.0. The van der Waals surface area contributed by atoms with Gasteiger partial charge in [-0.3, -0.25) is 4.79 Å². The van der Waals surface area contributed by atoms with Crippen molar-refractivity contribution in [1.82, 2.24) is 0 Å². The number of amides is 1. The Morgan fingerprint density at radius 3 is 2.54 bits per heavy atom. The van der Waals surface area contributed by atoms with Crippen LogP contribution in [0.4, 0.5) is 5.69 Å². The second kappa shape index (κ2) is 8.04. The van der Waals surface area contributed by atoms with Crippen molar-refractivity contribution in [2.75, 3.05) is 19.0 Å². The summed E-state index contributed by atoms with van der Waals surface area (Å²) in [6.07, 6.45) is 0. The van der Waals surface area contributed by atoms with Crippen LogP contribution in [0.15, 0.2) is 36.4 Å². The van der Waals surface area contributed by atoms with Crippen LogP contribution in [-0.4, -0.2) is 25.6 Å². The molecular weight excluding hydrogens is 353 g/mol. The highest BCUT2D eigenvalue weighted by atomic mass is 35.5. The minimum absolute atomic E-state index is 0.213. The Morgan fingerprint density at radius 1 is 1.12 bits per heavy atom. The van der Waals surface area contributed by atoms with Gasteiger partial charge in [-0.15, -0.1) is 0 Å². The molecule has 0 aliphatic heterocycles. The minimum atomic E-state index is -0.502. The molecule has 2 aromatic carbocycles. The molecule has 0 saturated heterocycles. The smallest absolute Gasteiger partial charge is 0.337 e. The zero-order chi connectivity index (χ0) is 17.7. The van der Waals surface area contributed by atoms with Crippen LogP contribution in [0, 0.1) is 6.92 Å². The fourth-order valence-corrected chi connectivity index (χ4v) is 2.34. The third kappa shape index (κ3) is 4.40. The summed E-state index contributed by atoms with van der Waals surface area (Å²) in [7, 11) is 1.28. The highest BCUT2D eigenvalue weighted by molar-refractivity contribution is 6.32. The largest absolute Gasteiger partial charge is 0.482 e. The van der Waals surface area contributed by atoms with Gasteiger partial charge in [-0.1, -0.05) is 29.3 Å². The highest BCUT2D eigenvalue weighted by Gasteiger charge is 2.12. The van der Waals surface area contributed by atoms with E-state index in [0.29, 0.717) is 22.0 Å². The molecule has 0 fully saturated rings. The van der Waals surface area contributed by atoms with E-state index >= 15 is 0 Å². The zero-order valence-corrected chi connectivity index (χ0v) is 14.6. The van der Waals surface area contributed by atoms with Crippen molar-refractivity contribution in [1.29, 1.82) is 0 Å². The molecule has 2 aromatic rings. The van der Waals surface area contributed by atoms with Crippen molar-refractivity contribution in [3.05, 3.63) is 57.6 Å². The van der Waals surface area contributed by atoms with Crippen LogP contribution in [-0.2, 0) is 9.53 Å². The van der Waals surface area contributed by atoms with E-state index in [9.17, 15) is 9.59 Å². The van der Waals surface area contributed by atoms with Crippen LogP contribution in [0.2, 0.25) is 10.0 Å². The molecule has 5 nitrogen and oxygen atoms in total. The summed E-state index contributed by atoms with van der Waals surface area (Å²) in [6, 6.07) is 9.66. The van der Waals surface area contributed by atoms with E-state index in [-0.39, 0.29) is 17.5 Å². The molecule has 0 bridgehead atoms. The van der Waals surface area contributed by atoms with Crippen LogP contribution in [0.3, 0.4) is 0 Å². The van der Waals surface area contributed by atoms with Gasteiger partial charge < -0.3 is 14.8 Å². The van der Waals surface area contributed by atoms with Crippen LogP contribution in [0.1, 0.15) is 15.9 Å². The van der Waals surface area contributed by atoms with E-state index in [2.05, 4.69) is 10.1 Å². The number of carbonyl (C=O) groups is 2. The molecule has 1 N–H and O–H groups in total. The lowest BCUT2D eigenvalue weighted by Gasteiger charge is -2.11. The first-order valence-electron chi connectivity index (χ1n) is 6.98. The quantitative estimate of drug-likeness (QED) is 0.807. The van der Waals surface area contributed by atoms with Gasteiger partial charge in [0.15, 0.2) is 6.61 Å². The van der Waals surface area contributed by atoms with Gasteiger partial charge in [0, 0.05) is 10.7 Å². The summed E-state index contributed by atoms with van der Waals surface area (Å²) in [5, 5.41) is 3.49. The number of carbonyl (C=O) groups excluding carboxylic acids is 2. The number of anilines is 1. The number of methoxy groups -OCH3 is 1. The number of hydrogen-bond acceptors (Lipinski definition) is 4. The molecule has 0 unspecified atom stereocenters. The molecule has 1 amide bonds. The van der Waals surface area contributed by atoms with E-state index in [1.807, 2.05) is 0 Å². The molecule has 0 saturated carbocycles. The van der Waals surface area contributed by atoms with Gasteiger partial charge in [0.25, 0.3) is 5.91 Å². The lowest BCUT2D eigenvalue weighted by atomic mass is 10.2. The number of rotatable bonds is 5. The first kappa shape index (κ1) is 18.1. The molecule has 0 heterocycles. The summed E-state index contributed by atoms with van der Waals surface area (Å²) >= 11 is 12.0. The lowest BCUT2D eigenvalue weighted by molar-refractivity contribution is -0.118. The number of benzene rings is 2. The molecule has 0 spiro atoms. The molecular formula is C17H15Cl2NO4. The van der Waals surface area contributed by atoms with Crippen LogP contribution in [0.25, 0.3) is 0 Å². The molecule has 0 radical (unpaired) electrons. The summed E-state index contributed by atoms with van der Waals surface area (Å²) < 4.78 is 9.98. The SMILES string of the molecule is COC(=O)c1ccc(OCC(=O)Nc2cccc(Cl)c2C)c(Cl)c1. The third-order valence-electron chi connectivity index (χ3n) is 3.25. The molecule has 126 valence electrons. The number of ether oxygens (including phenoxy) is 2. The van der Waals surface area contributed by atoms with Crippen LogP contribution >= 0.6 is 23.2 Å². The molecule has 0 aliphatic rings. The molecule has 7 heteroatoms. The monoisotopic (exact) mass is 367 g/mol. The molecule has 2 rings (SSSR count). The minimum Gasteiger partial charge on any atom is -0.482 e. The van der Waals surface area contributed by atoms with Gasteiger partial charge in [0.1, 0.15) is 5.75 Å².